The number of rotatable bonds is 4. The summed E-state index contributed by atoms with van der Waals surface area (Å²) >= 11 is 0. The number of carbonyl (C=O) groups is 2. The Morgan fingerprint density at radius 2 is 2.19 bits per heavy atom. The molecule has 1 fully saturated rings. The number of likely N-dealkylation sites (N-methyl/N-ethyl adjacent to an activating group) is 1. The third kappa shape index (κ3) is 4.61. The molecule has 1 aliphatic heterocycles. The molecule has 1 saturated heterocycles. The molecular weight excluding hydrogens is 208 g/mol. The summed E-state index contributed by atoms with van der Waals surface area (Å²) in [6, 6.07) is 0. The second kappa shape index (κ2) is 6.48. The van der Waals surface area contributed by atoms with Crippen molar-refractivity contribution in [2.24, 2.45) is 0 Å². The zero-order valence-electron chi connectivity index (χ0n) is 9.99. The Balaban J connectivity index is 2.16. The zero-order chi connectivity index (χ0) is 12.0. The van der Waals surface area contributed by atoms with E-state index in [1.807, 2.05) is 0 Å². The molecule has 0 radical (unpaired) electrons. The van der Waals surface area contributed by atoms with Crippen molar-refractivity contribution in [3.8, 4) is 0 Å². The van der Waals surface area contributed by atoms with Gasteiger partial charge in [-0.3, -0.25) is 9.59 Å². The van der Waals surface area contributed by atoms with Crippen LogP contribution in [0, 0.1) is 0 Å². The average molecular weight is 228 g/mol. The molecule has 0 aromatic carbocycles. The van der Waals surface area contributed by atoms with Gasteiger partial charge in [0, 0.05) is 27.1 Å². The van der Waals surface area contributed by atoms with Crippen LogP contribution in [0.25, 0.3) is 0 Å². The average Bonchev–Trinajstić information content (AvgIpc) is 2.27. The molecule has 5 nitrogen and oxygen atoms in total. The van der Waals surface area contributed by atoms with Crippen molar-refractivity contribution in [2.75, 3.05) is 26.7 Å². The van der Waals surface area contributed by atoms with E-state index in [9.17, 15) is 9.59 Å². The van der Waals surface area contributed by atoms with E-state index < -0.39 is 0 Å². The molecule has 0 saturated carbocycles. The Labute approximate surface area is 96.1 Å². The van der Waals surface area contributed by atoms with Gasteiger partial charge in [0.1, 0.15) is 0 Å². The minimum absolute atomic E-state index is 0.107. The highest BCUT2D eigenvalue weighted by molar-refractivity contribution is 5.83. The van der Waals surface area contributed by atoms with Gasteiger partial charge in [0.05, 0.1) is 12.6 Å². The molecule has 0 aromatic rings. The molecule has 16 heavy (non-hydrogen) atoms. The Morgan fingerprint density at radius 1 is 1.44 bits per heavy atom. The van der Waals surface area contributed by atoms with E-state index in [2.05, 4.69) is 5.32 Å². The van der Waals surface area contributed by atoms with Gasteiger partial charge in [-0.25, -0.2) is 0 Å². The summed E-state index contributed by atoms with van der Waals surface area (Å²) < 4.78 is 5.49. The normalized spacial score (nSPS) is 20.2. The lowest BCUT2D eigenvalue weighted by Crippen LogP contribution is -2.41. The fourth-order valence-corrected chi connectivity index (χ4v) is 1.58. The van der Waals surface area contributed by atoms with Crippen molar-refractivity contribution in [1.82, 2.24) is 10.2 Å². The lowest BCUT2D eigenvalue weighted by molar-refractivity contribution is -0.133. The summed E-state index contributed by atoms with van der Waals surface area (Å²) in [6.45, 7) is 2.89. The number of ether oxygens (including phenoxy) is 1. The van der Waals surface area contributed by atoms with Crippen molar-refractivity contribution in [3.63, 3.8) is 0 Å². The first kappa shape index (κ1) is 13.0. The highest BCUT2D eigenvalue weighted by Crippen LogP contribution is 2.11. The first-order chi connectivity index (χ1) is 7.59. The Hall–Kier alpha value is -1.10. The van der Waals surface area contributed by atoms with E-state index in [1.165, 1.54) is 11.8 Å². The Morgan fingerprint density at radius 3 is 2.75 bits per heavy atom. The maximum Gasteiger partial charge on any atom is 0.239 e. The lowest BCUT2D eigenvalue weighted by Gasteiger charge is -2.23. The maximum absolute atomic E-state index is 11.4. The first-order valence-electron chi connectivity index (χ1n) is 5.69. The van der Waals surface area contributed by atoms with Gasteiger partial charge in [0.25, 0.3) is 0 Å². The zero-order valence-corrected chi connectivity index (χ0v) is 9.99. The topological polar surface area (TPSA) is 58.6 Å². The number of carbonyl (C=O) groups excluding carboxylic acids is 2. The molecule has 92 valence electrons. The lowest BCUT2D eigenvalue weighted by atomic mass is 10.1. The van der Waals surface area contributed by atoms with E-state index in [-0.39, 0.29) is 24.5 Å². The van der Waals surface area contributed by atoms with Gasteiger partial charge in [-0.1, -0.05) is 0 Å². The molecular formula is C11H20N2O3. The van der Waals surface area contributed by atoms with Crippen LogP contribution < -0.4 is 5.32 Å². The van der Waals surface area contributed by atoms with Gasteiger partial charge in [-0.05, 0) is 19.3 Å². The van der Waals surface area contributed by atoms with Crippen molar-refractivity contribution in [3.05, 3.63) is 0 Å². The smallest absolute Gasteiger partial charge is 0.239 e. The fraction of sp³-hybridized carbons (Fsp3) is 0.818. The Kier molecular flexibility index (Phi) is 5.25. The quantitative estimate of drug-likeness (QED) is 0.745. The van der Waals surface area contributed by atoms with Crippen LogP contribution >= 0.6 is 0 Å². The molecule has 0 aromatic heterocycles. The number of hydrogen-bond donors (Lipinski definition) is 1. The number of nitrogens with zero attached hydrogens (tertiary/aromatic N) is 1. The second-order valence-electron chi connectivity index (χ2n) is 4.17. The molecule has 1 heterocycles. The minimum atomic E-state index is -0.133. The summed E-state index contributed by atoms with van der Waals surface area (Å²) in [4.78, 5) is 23.7. The van der Waals surface area contributed by atoms with E-state index in [0.717, 1.165) is 25.9 Å². The van der Waals surface area contributed by atoms with Crippen LogP contribution in [0.5, 0.6) is 0 Å². The standard InChI is InChI=1S/C11H20N2O3/c1-9(14)13(2)8-11(15)12-7-10-5-3-4-6-16-10/h10H,3-8H2,1-2H3,(H,12,15). The van der Waals surface area contributed by atoms with Gasteiger partial charge in [0.15, 0.2) is 0 Å². The SMILES string of the molecule is CC(=O)N(C)CC(=O)NCC1CCCCO1. The van der Waals surface area contributed by atoms with Gasteiger partial charge in [-0.15, -0.1) is 0 Å². The summed E-state index contributed by atoms with van der Waals surface area (Å²) in [5.74, 6) is -0.240. The molecule has 1 aliphatic rings. The highest BCUT2D eigenvalue weighted by Gasteiger charge is 2.15. The Bertz CT molecular complexity index is 250. The molecule has 0 bridgehead atoms. The molecule has 2 amide bonds. The largest absolute Gasteiger partial charge is 0.376 e. The van der Waals surface area contributed by atoms with Crippen LogP contribution in [-0.2, 0) is 14.3 Å². The molecule has 1 rings (SSSR count). The number of hydrogen-bond acceptors (Lipinski definition) is 3. The number of nitrogens with one attached hydrogen (secondary N) is 1. The van der Waals surface area contributed by atoms with E-state index >= 15 is 0 Å². The van der Waals surface area contributed by atoms with Gasteiger partial charge in [0.2, 0.25) is 11.8 Å². The fourth-order valence-electron chi connectivity index (χ4n) is 1.58. The van der Waals surface area contributed by atoms with Crippen LogP contribution in [0.4, 0.5) is 0 Å². The van der Waals surface area contributed by atoms with E-state index in [0.29, 0.717) is 6.54 Å². The van der Waals surface area contributed by atoms with Crippen molar-refractivity contribution in [2.45, 2.75) is 32.3 Å². The van der Waals surface area contributed by atoms with Gasteiger partial charge < -0.3 is 15.0 Å². The molecule has 1 unspecified atom stereocenters. The van der Waals surface area contributed by atoms with Gasteiger partial charge >= 0.3 is 0 Å². The first-order valence-corrected chi connectivity index (χ1v) is 5.69. The maximum atomic E-state index is 11.4. The summed E-state index contributed by atoms with van der Waals surface area (Å²) in [5, 5.41) is 2.78. The molecule has 1 atom stereocenters. The molecule has 1 N–H and O–H groups in total. The third-order valence-electron chi connectivity index (χ3n) is 2.72. The van der Waals surface area contributed by atoms with E-state index in [4.69, 9.17) is 4.74 Å². The third-order valence-corrected chi connectivity index (χ3v) is 2.72. The molecule has 0 spiro atoms. The molecule has 0 aliphatic carbocycles. The van der Waals surface area contributed by atoms with E-state index in [1.54, 1.807) is 7.05 Å². The highest BCUT2D eigenvalue weighted by atomic mass is 16.5. The monoisotopic (exact) mass is 228 g/mol. The van der Waals surface area contributed by atoms with Crippen LogP contribution in [0.2, 0.25) is 0 Å². The van der Waals surface area contributed by atoms with Crippen LogP contribution in [0.15, 0.2) is 0 Å². The summed E-state index contributed by atoms with van der Waals surface area (Å²) in [6.07, 6.45) is 3.41. The predicted octanol–water partition coefficient (Wildman–Crippen LogP) is 0.150. The number of amides is 2. The summed E-state index contributed by atoms with van der Waals surface area (Å²) in [5.41, 5.74) is 0. The predicted molar refractivity (Wildman–Crippen MR) is 59.9 cm³/mol. The van der Waals surface area contributed by atoms with Crippen molar-refractivity contribution < 1.29 is 14.3 Å². The van der Waals surface area contributed by atoms with Gasteiger partial charge in [-0.2, -0.15) is 0 Å². The van der Waals surface area contributed by atoms with Crippen LogP contribution in [0.3, 0.4) is 0 Å². The molecule has 5 heteroatoms. The minimum Gasteiger partial charge on any atom is -0.376 e. The van der Waals surface area contributed by atoms with Crippen LogP contribution in [-0.4, -0.2) is 49.6 Å². The summed E-state index contributed by atoms with van der Waals surface area (Å²) in [7, 11) is 1.61. The van der Waals surface area contributed by atoms with Crippen molar-refractivity contribution >= 4 is 11.8 Å². The van der Waals surface area contributed by atoms with Crippen molar-refractivity contribution in [1.29, 1.82) is 0 Å². The second-order valence-corrected chi connectivity index (χ2v) is 4.17. The van der Waals surface area contributed by atoms with Crippen LogP contribution in [0.1, 0.15) is 26.2 Å².